The molecule has 1 aliphatic rings. The van der Waals surface area contributed by atoms with Gasteiger partial charge in [0.05, 0.1) is 6.54 Å². The number of amides is 1. The first-order chi connectivity index (χ1) is 13.7. The van der Waals surface area contributed by atoms with Gasteiger partial charge in [-0.3, -0.25) is 4.79 Å². The molecule has 0 radical (unpaired) electrons. The van der Waals surface area contributed by atoms with Crippen LogP contribution in [0.15, 0.2) is 78.9 Å². The minimum atomic E-state index is -0.335. The maximum Gasteiger partial charge on any atom is 0.256 e. The molecule has 1 atom stereocenters. The smallest absolute Gasteiger partial charge is 0.256 e. The molecule has 3 aromatic rings. The van der Waals surface area contributed by atoms with Gasteiger partial charge in [0.25, 0.3) is 5.91 Å². The molecule has 1 amide bonds. The molecule has 0 aliphatic carbocycles. The van der Waals surface area contributed by atoms with Crippen molar-refractivity contribution in [2.75, 3.05) is 11.5 Å². The highest BCUT2D eigenvalue weighted by atomic mass is 16.5. The highest BCUT2D eigenvalue weighted by Crippen LogP contribution is 2.27. The van der Waals surface area contributed by atoms with Gasteiger partial charge in [-0.25, -0.2) is 0 Å². The SMILES string of the molecule is Cc1ccccc1CN(C(=O)[C@@H]1CCCO1)c1ccc(-c2ccccc2)cc1. The number of benzene rings is 3. The lowest BCUT2D eigenvalue weighted by atomic mass is 10.0. The lowest BCUT2D eigenvalue weighted by Crippen LogP contribution is -2.38. The summed E-state index contributed by atoms with van der Waals surface area (Å²) in [5.41, 5.74) is 5.56. The standard InChI is InChI=1S/C25H25NO2/c1-19-8-5-6-11-22(19)18-26(25(27)24-12-7-17-28-24)23-15-13-21(14-16-23)20-9-3-2-4-10-20/h2-6,8-11,13-16,24H,7,12,17-18H2,1H3/t24-/m0/s1. The van der Waals surface area contributed by atoms with E-state index in [-0.39, 0.29) is 12.0 Å². The lowest BCUT2D eigenvalue weighted by molar-refractivity contribution is -0.127. The van der Waals surface area contributed by atoms with Crippen LogP contribution in [0.2, 0.25) is 0 Å². The molecule has 3 heteroatoms. The van der Waals surface area contributed by atoms with Gasteiger partial charge in [-0.05, 0) is 54.2 Å². The highest BCUT2D eigenvalue weighted by Gasteiger charge is 2.29. The van der Waals surface area contributed by atoms with Crippen LogP contribution < -0.4 is 4.90 Å². The summed E-state index contributed by atoms with van der Waals surface area (Å²) in [6.45, 7) is 3.31. The number of anilines is 1. The summed E-state index contributed by atoms with van der Waals surface area (Å²) in [6.07, 6.45) is 1.41. The monoisotopic (exact) mass is 371 g/mol. The van der Waals surface area contributed by atoms with E-state index in [0.717, 1.165) is 29.7 Å². The average molecular weight is 371 g/mol. The van der Waals surface area contributed by atoms with Gasteiger partial charge in [0, 0.05) is 12.3 Å². The van der Waals surface area contributed by atoms with E-state index in [9.17, 15) is 4.79 Å². The first kappa shape index (κ1) is 18.5. The number of rotatable bonds is 5. The molecule has 0 unspecified atom stereocenters. The minimum absolute atomic E-state index is 0.0493. The summed E-state index contributed by atoms with van der Waals surface area (Å²) < 4.78 is 5.69. The lowest BCUT2D eigenvalue weighted by Gasteiger charge is -2.26. The van der Waals surface area contributed by atoms with E-state index in [1.54, 1.807) is 0 Å². The quantitative estimate of drug-likeness (QED) is 0.603. The van der Waals surface area contributed by atoms with E-state index in [2.05, 4.69) is 43.3 Å². The Hall–Kier alpha value is -2.91. The van der Waals surface area contributed by atoms with Gasteiger partial charge < -0.3 is 9.64 Å². The van der Waals surface area contributed by atoms with Gasteiger partial charge in [0.1, 0.15) is 6.10 Å². The Labute approximate surface area is 166 Å². The van der Waals surface area contributed by atoms with Crippen LogP contribution in [0.3, 0.4) is 0 Å². The second-order valence-corrected chi connectivity index (χ2v) is 7.27. The highest BCUT2D eigenvalue weighted by molar-refractivity contribution is 5.97. The summed E-state index contributed by atoms with van der Waals surface area (Å²) in [4.78, 5) is 15.1. The van der Waals surface area contributed by atoms with Crippen molar-refractivity contribution in [1.29, 1.82) is 0 Å². The van der Waals surface area contributed by atoms with E-state index in [0.29, 0.717) is 13.2 Å². The Morgan fingerprint density at radius 1 is 0.929 bits per heavy atom. The van der Waals surface area contributed by atoms with Gasteiger partial charge in [0.15, 0.2) is 0 Å². The molecule has 142 valence electrons. The average Bonchev–Trinajstić information content (AvgIpc) is 3.29. The third-order valence-corrected chi connectivity index (χ3v) is 5.35. The maximum absolute atomic E-state index is 13.2. The van der Waals surface area contributed by atoms with E-state index in [1.807, 2.05) is 47.4 Å². The molecule has 3 aromatic carbocycles. The second-order valence-electron chi connectivity index (χ2n) is 7.27. The Bertz CT molecular complexity index is 928. The van der Waals surface area contributed by atoms with Crippen LogP contribution in [-0.2, 0) is 16.1 Å². The largest absolute Gasteiger partial charge is 0.368 e. The topological polar surface area (TPSA) is 29.5 Å². The van der Waals surface area contributed by atoms with E-state index in [1.165, 1.54) is 11.1 Å². The molecule has 1 heterocycles. The molecule has 0 N–H and O–H groups in total. The van der Waals surface area contributed by atoms with E-state index in [4.69, 9.17) is 4.74 Å². The van der Waals surface area contributed by atoms with Crippen molar-refractivity contribution in [2.45, 2.75) is 32.4 Å². The molecule has 0 bridgehead atoms. The zero-order chi connectivity index (χ0) is 19.3. The predicted octanol–water partition coefficient (Wildman–Crippen LogP) is 5.37. The van der Waals surface area contributed by atoms with Crippen molar-refractivity contribution in [3.63, 3.8) is 0 Å². The summed E-state index contributed by atoms with van der Waals surface area (Å²) in [7, 11) is 0. The maximum atomic E-state index is 13.2. The Kier molecular flexibility index (Phi) is 5.54. The Balaban J connectivity index is 1.64. The van der Waals surface area contributed by atoms with Crippen LogP contribution in [-0.4, -0.2) is 18.6 Å². The van der Waals surface area contributed by atoms with Gasteiger partial charge in [0.2, 0.25) is 0 Å². The van der Waals surface area contributed by atoms with Crippen molar-refractivity contribution < 1.29 is 9.53 Å². The zero-order valence-electron chi connectivity index (χ0n) is 16.2. The number of carbonyl (C=O) groups is 1. The molecule has 28 heavy (non-hydrogen) atoms. The van der Waals surface area contributed by atoms with Crippen molar-refractivity contribution in [3.05, 3.63) is 90.0 Å². The van der Waals surface area contributed by atoms with Crippen LogP contribution in [0.1, 0.15) is 24.0 Å². The molecule has 1 aliphatic heterocycles. The van der Waals surface area contributed by atoms with Crippen LogP contribution >= 0.6 is 0 Å². The first-order valence-electron chi connectivity index (χ1n) is 9.85. The summed E-state index contributed by atoms with van der Waals surface area (Å²) in [5.74, 6) is 0.0493. The predicted molar refractivity (Wildman–Crippen MR) is 113 cm³/mol. The molecule has 1 fully saturated rings. The van der Waals surface area contributed by atoms with E-state index < -0.39 is 0 Å². The van der Waals surface area contributed by atoms with Crippen LogP contribution in [0.25, 0.3) is 11.1 Å². The summed E-state index contributed by atoms with van der Waals surface area (Å²) in [5, 5.41) is 0. The van der Waals surface area contributed by atoms with Crippen molar-refractivity contribution in [3.8, 4) is 11.1 Å². The number of nitrogens with zero attached hydrogens (tertiary/aromatic N) is 1. The summed E-state index contributed by atoms with van der Waals surface area (Å²) >= 11 is 0. The number of carbonyl (C=O) groups excluding carboxylic acids is 1. The normalized spacial score (nSPS) is 16.1. The zero-order valence-corrected chi connectivity index (χ0v) is 16.2. The third-order valence-electron chi connectivity index (χ3n) is 5.35. The van der Waals surface area contributed by atoms with Gasteiger partial charge in [-0.2, -0.15) is 0 Å². The van der Waals surface area contributed by atoms with Gasteiger partial charge in [-0.1, -0.05) is 66.7 Å². The molecule has 0 aromatic heterocycles. The fourth-order valence-corrected chi connectivity index (χ4v) is 3.66. The number of ether oxygens (including phenoxy) is 1. The Morgan fingerprint density at radius 2 is 1.61 bits per heavy atom. The van der Waals surface area contributed by atoms with Crippen molar-refractivity contribution >= 4 is 11.6 Å². The van der Waals surface area contributed by atoms with Crippen LogP contribution in [0, 0.1) is 6.92 Å². The molecule has 0 saturated carbocycles. The molecule has 1 saturated heterocycles. The Morgan fingerprint density at radius 3 is 2.29 bits per heavy atom. The molecular formula is C25H25NO2. The number of aryl methyl sites for hydroxylation is 1. The summed E-state index contributed by atoms with van der Waals surface area (Å²) in [6, 6.07) is 26.7. The van der Waals surface area contributed by atoms with Crippen molar-refractivity contribution in [2.24, 2.45) is 0 Å². The van der Waals surface area contributed by atoms with Crippen LogP contribution in [0.4, 0.5) is 5.69 Å². The molecule has 4 rings (SSSR count). The van der Waals surface area contributed by atoms with Crippen LogP contribution in [0.5, 0.6) is 0 Å². The number of hydrogen-bond acceptors (Lipinski definition) is 2. The fourth-order valence-electron chi connectivity index (χ4n) is 3.66. The van der Waals surface area contributed by atoms with Crippen molar-refractivity contribution in [1.82, 2.24) is 0 Å². The molecule has 3 nitrogen and oxygen atoms in total. The molecule has 0 spiro atoms. The number of hydrogen-bond donors (Lipinski definition) is 0. The van der Waals surface area contributed by atoms with E-state index >= 15 is 0 Å². The van der Waals surface area contributed by atoms with Gasteiger partial charge >= 0.3 is 0 Å². The minimum Gasteiger partial charge on any atom is -0.368 e. The third kappa shape index (κ3) is 4.00. The first-order valence-corrected chi connectivity index (χ1v) is 9.85. The molecular weight excluding hydrogens is 346 g/mol. The van der Waals surface area contributed by atoms with Gasteiger partial charge in [-0.15, -0.1) is 0 Å². The second kappa shape index (κ2) is 8.41. The fraction of sp³-hybridized carbons (Fsp3) is 0.240.